The maximum absolute atomic E-state index is 11.9. The van der Waals surface area contributed by atoms with Gasteiger partial charge in [-0.15, -0.1) is 0 Å². The Balaban J connectivity index is 2.35. The number of hydrogen-bond acceptors (Lipinski definition) is 5. The van der Waals surface area contributed by atoms with Crippen molar-refractivity contribution in [3.63, 3.8) is 0 Å². The number of allylic oxidation sites excluding steroid dienone is 1. The van der Waals surface area contributed by atoms with E-state index in [1.807, 2.05) is 46.8 Å². The van der Waals surface area contributed by atoms with Crippen molar-refractivity contribution in [2.75, 3.05) is 6.61 Å². The topological polar surface area (TPSA) is 65.7 Å². The molecule has 1 aromatic carbocycles. The summed E-state index contributed by atoms with van der Waals surface area (Å²) in [5.41, 5.74) is 2.96. The molecule has 2 aromatic rings. The van der Waals surface area contributed by atoms with Gasteiger partial charge in [0, 0.05) is 23.9 Å². The summed E-state index contributed by atoms with van der Waals surface area (Å²) < 4.78 is 16.4. The number of rotatable bonds is 7. The van der Waals surface area contributed by atoms with Crippen molar-refractivity contribution in [1.82, 2.24) is 0 Å². The second-order valence-corrected chi connectivity index (χ2v) is 6.84. The Morgan fingerprint density at radius 3 is 2.62 bits per heavy atom. The van der Waals surface area contributed by atoms with Crippen LogP contribution in [0.1, 0.15) is 45.2 Å². The van der Waals surface area contributed by atoms with Crippen LogP contribution in [0.15, 0.2) is 39.1 Å². The molecule has 0 fully saturated rings. The first-order chi connectivity index (χ1) is 12.3. The third-order valence-corrected chi connectivity index (χ3v) is 3.83. The fourth-order valence-corrected chi connectivity index (χ4v) is 2.58. The van der Waals surface area contributed by atoms with Crippen LogP contribution in [-0.4, -0.2) is 18.7 Å². The molecule has 1 heterocycles. The van der Waals surface area contributed by atoms with E-state index in [0.29, 0.717) is 24.4 Å². The lowest BCUT2D eigenvalue weighted by molar-refractivity contribution is -0.147. The Bertz CT molecular complexity index is 870. The maximum atomic E-state index is 11.9. The van der Waals surface area contributed by atoms with E-state index >= 15 is 0 Å². The second kappa shape index (κ2) is 8.70. The van der Waals surface area contributed by atoms with E-state index in [0.717, 1.165) is 22.1 Å². The molecule has 2 rings (SSSR count). The van der Waals surface area contributed by atoms with Crippen LogP contribution in [0.4, 0.5) is 0 Å². The number of ether oxygens (including phenoxy) is 2. The minimum absolute atomic E-state index is 0.135. The summed E-state index contributed by atoms with van der Waals surface area (Å²) in [4.78, 5) is 23.5. The lowest BCUT2D eigenvalue weighted by atomic mass is 10.0. The molecule has 0 saturated heterocycles. The van der Waals surface area contributed by atoms with Crippen LogP contribution in [0.5, 0.6) is 5.75 Å². The molecule has 0 spiro atoms. The maximum Gasteiger partial charge on any atom is 0.336 e. The number of fused-ring (bicyclic) bond motifs is 1. The number of esters is 1. The molecule has 0 N–H and O–H groups in total. The molecule has 0 unspecified atom stereocenters. The van der Waals surface area contributed by atoms with Crippen LogP contribution in [-0.2, 0) is 16.0 Å². The Kier molecular flexibility index (Phi) is 6.61. The van der Waals surface area contributed by atoms with Crippen LogP contribution >= 0.6 is 0 Å². The molecular weight excluding hydrogens is 332 g/mol. The van der Waals surface area contributed by atoms with Gasteiger partial charge in [-0.25, -0.2) is 4.79 Å². The summed E-state index contributed by atoms with van der Waals surface area (Å²) in [7, 11) is 0. The van der Waals surface area contributed by atoms with Gasteiger partial charge in [0.05, 0.1) is 6.10 Å². The predicted octanol–water partition coefficient (Wildman–Crippen LogP) is 4.33. The van der Waals surface area contributed by atoms with Crippen LogP contribution in [0.25, 0.3) is 11.0 Å². The smallest absolute Gasteiger partial charge is 0.336 e. The SMILES string of the molecule is CC(C)=CCOc1cc2oc(=O)cc(C)c2cc1CCC(=O)OC(C)C. The van der Waals surface area contributed by atoms with Gasteiger partial charge in [-0.1, -0.05) is 5.57 Å². The minimum atomic E-state index is -0.390. The first kappa shape index (κ1) is 19.8. The van der Waals surface area contributed by atoms with E-state index in [4.69, 9.17) is 13.9 Å². The predicted molar refractivity (Wildman–Crippen MR) is 102 cm³/mol. The number of carbonyl (C=O) groups is 1. The highest BCUT2D eigenvalue weighted by atomic mass is 16.5. The molecule has 0 radical (unpaired) electrons. The van der Waals surface area contributed by atoms with Gasteiger partial charge < -0.3 is 13.9 Å². The Labute approximate surface area is 153 Å². The van der Waals surface area contributed by atoms with Gasteiger partial charge in [0.1, 0.15) is 17.9 Å². The lowest BCUT2D eigenvalue weighted by Gasteiger charge is -2.13. The molecule has 26 heavy (non-hydrogen) atoms. The molecule has 0 bridgehead atoms. The van der Waals surface area contributed by atoms with Crippen LogP contribution in [0, 0.1) is 6.92 Å². The molecule has 0 amide bonds. The van der Waals surface area contributed by atoms with Gasteiger partial charge in [-0.2, -0.15) is 0 Å². The number of aryl methyl sites for hydroxylation is 2. The summed E-state index contributed by atoms with van der Waals surface area (Å²) in [5, 5.41) is 0.839. The summed E-state index contributed by atoms with van der Waals surface area (Å²) >= 11 is 0. The van der Waals surface area contributed by atoms with E-state index in [1.165, 1.54) is 6.07 Å². The summed E-state index contributed by atoms with van der Waals surface area (Å²) in [5.74, 6) is 0.368. The van der Waals surface area contributed by atoms with Crippen molar-refractivity contribution < 1.29 is 18.7 Å². The van der Waals surface area contributed by atoms with Crippen molar-refractivity contribution in [2.24, 2.45) is 0 Å². The van der Waals surface area contributed by atoms with Gasteiger partial charge in [0.2, 0.25) is 0 Å². The zero-order valence-corrected chi connectivity index (χ0v) is 16.0. The van der Waals surface area contributed by atoms with Crippen molar-refractivity contribution in [1.29, 1.82) is 0 Å². The molecule has 1 aromatic heterocycles. The molecule has 5 heteroatoms. The number of carbonyl (C=O) groups excluding carboxylic acids is 1. The van der Waals surface area contributed by atoms with Crippen molar-refractivity contribution in [3.8, 4) is 5.75 Å². The largest absolute Gasteiger partial charge is 0.489 e. The summed E-state index contributed by atoms with van der Waals surface area (Å²) in [6.07, 6.45) is 2.58. The molecular formula is C21H26O5. The van der Waals surface area contributed by atoms with E-state index in [1.54, 1.807) is 6.07 Å². The zero-order chi connectivity index (χ0) is 19.3. The van der Waals surface area contributed by atoms with Gasteiger partial charge in [0.25, 0.3) is 0 Å². The average Bonchev–Trinajstić information content (AvgIpc) is 2.51. The first-order valence-electron chi connectivity index (χ1n) is 8.79. The minimum Gasteiger partial charge on any atom is -0.489 e. The van der Waals surface area contributed by atoms with Gasteiger partial charge in [-0.3, -0.25) is 4.79 Å². The highest BCUT2D eigenvalue weighted by Gasteiger charge is 2.13. The monoisotopic (exact) mass is 358 g/mol. The molecule has 0 aliphatic rings. The third kappa shape index (κ3) is 5.48. The molecule has 0 aliphatic heterocycles. The summed E-state index contributed by atoms with van der Waals surface area (Å²) in [6.45, 7) is 9.91. The van der Waals surface area contributed by atoms with Crippen molar-refractivity contribution >= 4 is 16.9 Å². The van der Waals surface area contributed by atoms with Crippen molar-refractivity contribution in [2.45, 2.75) is 53.6 Å². The molecule has 140 valence electrons. The molecule has 0 atom stereocenters. The zero-order valence-electron chi connectivity index (χ0n) is 16.0. The quantitative estimate of drug-likeness (QED) is 0.419. The normalized spacial score (nSPS) is 10.8. The number of benzene rings is 1. The standard InChI is InChI=1S/C21H26O5/c1-13(2)8-9-24-18-12-19-17(15(5)10-21(23)26-19)11-16(18)6-7-20(22)25-14(3)4/h8,10-12,14H,6-7,9H2,1-5H3. The molecule has 5 nitrogen and oxygen atoms in total. The van der Waals surface area contributed by atoms with Gasteiger partial charge in [0.15, 0.2) is 0 Å². The van der Waals surface area contributed by atoms with E-state index < -0.39 is 5.63 Å². The Morgan fingerprint density at radius 1 is 1.23 bits per heavy atom. The second-order valence-electron chi connectivity index (χ2n) is 6.84. The lowest BCUT2D eigenvalue weighted by Crippen LogP contribution is -2.12. The first-order valence-corrected chi connectivity index (χ1v) is 8.79. The highest BCUT2D eigenvalue weighted by Crippen LogP contribution is 2.28. The molecule has 0 aliphatic carbocycles. The van der Waals surface area contributed by atoms with Gasteiger partial charge >= 0.3 is 11.6 Å². The van der Waals surface area contributed by atoms with Crippen LogP contribution in [0.3, 0.4) is 0 Å². The molecule has 0 saturated carbocycles. The number of hydrogen-bond donors (Lipinski definition) is 0. The summed E-state index contributed by atoms with van der Waals surface area (Å²) in [6, 6.07) is 5.11. The van der Waals surface area contributed by atoms with E-state index in [2.05, 4.69) is 0 Å². The van der Waals surface area contributed by atoms with Gasteiger partial charge in [-0.05, 0) is 64.3 Å². The third-order valence-electron chi connectivity index (χ3n) is 3.83. The van der Waals surface area contributed by atoms with E-state index in [-0.39, 0.29) is 18.5 Å². The fraction of sp³-hybridized carbons (Fsp3) is 0.429. The highest BCUT2D eigenvalue weighted by molar-refractivity contribution is 5.83. The Morgan fingerprint density at radius 2 is 1.96 bits per heavy atom. The average molecular weight is 358 g/mol. The fourth-order valence-electron chi connectivity index (χ4n) is 2.58. The van der Waals surface area contributed by atoms with Crippen LogP contribution < -0.4 is 10.4 Å². The van der Waals surface area contributed by atoms with E-state index in [9.17, 15) is 9.59 Å². The van der Waals surface area contributed by atoms with Crippen molar-refractivity contribution in [3.05, 3.63) is 51.4 Å². The van der Waals surface area contributed by atoms with Crippen LogP contribution in [0.2, 0.25) is 0 Å². The Hall–Kier alpha value is -2.56.